The third kappa shape index (κ3) is 2.74. The third-order valence-electron chi connectivity index (χ3n) is 4.60. The maximum atomic E-state index is 12.6. The van der Waals surface area contributed by atoms with Gasteiger partial charge in [-0.3, -0.25) is 4.79 Å². The van der Waals surface area contributed by atoms with Crippen LogP contribution in [0.15, 0.2) is 53.8 Å². The predicted molar refractivity (Wildman–Crippen MR) is 100 cm³/mol. The van der Waals surface area contributed by atoms with Crippen molar-refractivity contribution in [1.29, 1.82) is 0 Å². The van der Waals surface area contributed by atoms with Gasteiger partial charge in [0.25, 0.3) is 5.56 Å². The van der Waals surface area contributed by atoms with Crippen molar-refractivity contribution < 1.29 is 4.74 Å². The quantitative estimate of drug-likeness (QED) is 0.406. The van der Waals surface area contributed by atoms with Crippen LogP contribution in [0, 0.1) is 0 Å². The van der Waals surface area contributed by atoms with Crippen molar-refractivity contribution in [3.05, 3.63) is 70.5 Å². The van der Waals surface area contributed by atoms with Crippen LogP contribution in [0.5, 0.6) is 0 Å². The van der Waals surface area contributed by atoms with Crippen LogP contribution in [0.4, 0.5) is 0 Å². The fourth-order valence-corrected chi connectivity index (χ4v) is 3.21. The molecule has 4 rings (SSSR count). The summed E-state index contributed by atoms with van der Waals surface area (Å²) >= 11 is 0. The molecule has 0 N–H and O–H groups in total. The van der Waals surface area contributed by atoms with Crippen molar-refractivity contribution in [3.63, 3.8) is 0 Å². The zero-order valence-corrected chi connectivity index (χ0v) is 14.3. The lowest BCUT2D eigenvalue weighted by atomic mass is 10.1. The van der Waals surface area contributed by atoms with Crippen LogP contribution >= 0.6 is 0 Å². The molecular weight excluding hydrogens is 312 g/mol. The highest BCUT2D eigenvalue weighted by Gasteiger charge is 2.22. The first-order valence-corrected chi connectivity index (χ1v) is 8.63. The normalized spacial score (nSPS) is 12.0. The van der Waals surface area contributed by atoms with E-state index in [9.17, 15) is 4.79 Å². The average Bonchev–Trinajstić information content (AvgIpc) is 2.98. The molecule has 0 saturated heterocycles. The van der Waals surface area contributed by atoms with E-state index in [1.807, 2.05) is 30.3 Å². The molecule has 3 heterocycles. The summed E-state index contributed by atoms with van der Waals surface area (Å²) in [5.41, 5.74) is 4.41. The number of ether oxygens (including phenoxy) is 1. The summed E-state index contributed by atoms with van der Waals surface area (Å²) in [6.45, 7) is 7.27. The number of rotatable bonds is 5. The van der Waals surface area contributed by atoms with Gasteiger partial charge in [0.15, 0.2) is 0 Å². The van der Waals surface area contributed by atoms with Gasteiger partial charge in [0.05, 0.1) is 30.1 Å². The molecule has 0 bridgehead atoms. The number of hydrogen-bond acceptors (Lipinski definition) is 3. The molecule has 1 aliphatic heterocycles. The number of benzene rings is 1. The van der Waals surface area contributed by atoms with Gasteiger partial charge in [-0.05, 0) is 24.6 Å². The average molecular weight is 332 g/mol. The Kier molecular flexibility index (Phi) is 3.88. The maximum Gasteiger partial charge on any atom is 0.252 e. The Morgan fingerprint density at radius 3 is 2.96 bits per heavy atom. The van der Waals surface area contributed by atoms with E-state index >= 15 is 0 Å². The SMILES string of the molecule is C=C(OCCCC)c1cc2n(c(=O)c1)Cc1cc3ccccc3nc1-2. The summed E-state index contributed by atoms with van der Waals surface area (Å²) in [4.78, 5) is 17.4. The molecule has 0 saturated carbocycles. The molecule has 0 fully saturated rings. The van der Waals surface area contributed by atoms with Crippen molar-refractivity contribution in [2.45, 2.75) is 26.3 Å². The van der Waals surface area contributed by atoms with Gasteiger partial charge in [-0.1, -0.05) is 38.1 Å². The minimum atomic E-state index is -0.0465. The van der Waals surface area contributed by atoms with Gasteiger partial charge in [0, 0.05) is 22.6 Å². The molecule has 0 spiro atoms. The number of nitrogens with zero attached hydrogens (tertiary/aromatic N) is 2. The van der Waals surface area contributed by atoms with E-state index in [2.05, 4.69) is 19.6 Å². The minimum Gasteiger partial charge on any atom is -0.494 e. The van der Waals surface area contributed by atoms with Crippen LogP contribution in [0.2, 0.25) is 0 Å². The van der Waals surface area contributed by atoms with Crippen LogP contribution in [0.3, 0.4) is 0 Å². The molecule has 1 aliphatic rings. The van der Waals surface area contributed by atoms with Gasteiger partial charge in [-0.15, -0.1) is 0 Å². The summed E-state index contributed by atoms with van der Waals surface area (Å²) in [5.74, 6) is 0.545. The van der Waals surface area contributed by atoms with Crippen molar-refractivity contribution in [2.24, 2.45) is 0 Å². The highest BCUT2D eigenvalue weighted by molar-refractivity contribution is 5.84. The lowest BCUT2D eigenvalue weighted by molar-refractivity contribution is 0.271. The summed E-state index contributed by atoms with van der Waals surface area (Å²) in [5, 5.41) is 1.09. The molecule has 1 aromatic carbocycles. The Morgan fingerprint density at radius 1 is 1.28 bits per heavy atom. The van der Waals surface area contributed by atoms with Crippen molar-refractivity contribution >= 4 is 16.7 Å². The van der Waals surface area contributed by atoms with Crippen LogP contribution in [-0.2, 0) is 11.3 Å². The number of aromatic nitrogens is 2. The standard InChI is InChI=1S/C21H20N2O2/c1-3-4-9-25-14(2)16-11-19-21-17(13-23(19)20(24)12-16)10-15-7-5-6-8-18(15)22-21/h5-8,10-12H,2-4,9,13H2,1H3. The van der Waals surface area contributed by atoms with E-state index in [1.54, 1.807) is 10.6 Å². The summed E-state index contributed by atoms with van der Waals surface area (Å²) in [7, 11) is 0. The summed E-state index contributed by atoms with van der Waals surface area (Å²) < 4.78 is 7.44. The topological polar surface area (TPSA) is 44.1 Å². The Labute approximate surface area is 146 Å². The Balaban J connectivity index is 1.77. The first-order valence-electron chi connectivity index (χ1n) is 8.63. The number of hydrogen-bond donors (Lipinski definition) is 0. The summed E-state index contributed by atoms with van der Waals surface area (Å²) in [6.07, 6.45) is 2.03. The Hall–Kier alpha value is -2.88. The molecule has 0 atom stereocenters. The monoisotopic (exact) mass is 332 g/mol. The second-order valence-electron chi connectivity index (χ2n) is 6.37. The van der Waals surface area contributed by atoms with Gasteiger partial charge in [0.2, 0.25) is 0 Å². The molecule has 2 aromatic heterocycles. The zero-order valence-electron chi connectivity index (χ0n) is 14.3. The number of para-hydroxylation sites is 1. The molecule has 0 amide bonds. The molecule has 0 unspecified atom stereocenters. The van der Waals surface area contributed by atoms with Gasteiger partial charge < -0.3 is 9.30 Å². The predicted octanol–water partition coefficient (Wildman–Crippen LogP) is 4.21. The van der Waals surface area contributed by atoms with Gasteiger partial charge in [0.1, 0.15) is 5.76 Å². The van der Waals surface area contributed by atoms with E-state index < -0.39 is 0 Å². The van der Waals surface area contributed by atoms with E-state index in [1.165, 1.54) is 0 Å². The van der Waals surface area contributed by atoms with Gasteiger partial charge in [-0.25, -0.2) is 4.98 Å². The maximum absolute atomic E-state index is 12.6. The van der Waals surface area contributed by atoms with E-state index in [0.29, 0.717) is 18.9 Å². The molecule has 0 radical (unpaired) electrons. The number of fused-ring (bicyclic) bond motifs is 4. The van der Waals surface area contributed by atoms with E-state index in [0.717, 1.165) is 46.3 Å². The van der Waals surface area contributed by atoms with Crippen molar-refractivity contribution in [1.82, 2.24) is 9.55 Å². The molecule has 0 aliphatic carbocycles. The second kappa shape index (κ2) is 6.20. The number of unbranched alkanes of at least 4 members (excludes halogenated alkanes) is 1. The fourth-order valence-electron chi connectivity index (χ4n) is 3.21. The fraction of sp³-hybridized carbons (Fsp3) is 0.238. The molecular formula is C21H20N2O2. The van der Waals surface area contributed by atoms with Crippen molar-refractivity contribution in [3.8, 4) is 11.4 Å². The van der Waals surface area contributed by atoms with Crippen LogP contribution in [0.1, 0.15) is 30.9 Å². The highest BCUT2D eigenvalue weighted by atomic mass is 16.5. The first-order chi connectivity index (χ1) is 12.2. The van der Waals surface area contributed by atoms with Gasteiger partial charge >= 0.3 is 0 Å². The van der Waals surface area contributed by atoms with Gasteiger partial charge in [-0.2, -0.15) is 0 Å². The molecule has 4 nitrogen and oxygen atoms in total. The molecule has 25 heavy (non-hydrogen) atoms. The lowest BCUT2D eigenvalue weighted by Crippen LogP contribution is -2.18. The van der Waals surface area contributed by atoms with Crippen molar-refractivity contribution in [2.75, 3.05) is 6.61 Å². The third-order valence-corrected chi connectivity index (χ3v) is 4.60. The molecule has 4 heteroatoms. The van der Waals surface area contributed by atoms with Crippen LogP contribution < -0.4 is 5.56 Å². The largest absolute Gasteiger partial charge is 0.494 e. The summed E-state index contributed by atoms with van der Waals surface area (Å²) in [6, 6.07) is 13.7. The smallest absolute Gasteiger partial charge is 0.252 e. The first kappa shape index (κ1) is 15.6. The van der Waals surface area contributed by atoms with E-state index in [4.69, 9.17) is 9.72 Å². The molecule has 126 valence electrons. The highest BCUT2D eigenvalue weighted by Crippen LogP contribution is 2.32. The minimum absolute atomic E-state index is 0.0465. The molecule has 3 aromatic rings. The van der Waals surface area contributed by atoms with E-state index in [-0.39, 0.29) is 5.56 Å². The Bertz CT molecular complexity index is 1030. The zero-order chi connectivity index (χ0) is 17.4. The Morgan fingerprint density at radius 2 is 2.12 bits per heavy atom. The van der Waals surface area contributed by atoms with Crippen LogP contribution in [0.25, 0.3) is 28.0 Å². The second-order valence-corrected chi connectivity index (χ2v) is 6.37. The lowest BCUT2D eigenvalue weighted by Gasteiger charge is -2.11. The number of pyridine rings is 2. The van der Waals surface area contributed by atoms with Crippen LogP contribution in [-0.4, -0.2) is 16.2 Å².